The molecule has 0 saturated heterocycles. The number of allylic oxidation sites excluding steroid dienone is 3. The molecule has 1 atom stereocenters. The van der Waals surface area contributed by atoms with Gasteiger partial charge in [-0.2, -0.15) is 0 Å². The van der Waals surface area contributed by atoms with Crippen molar-refractivity contribution in [3.8, 4) is 11.8 Å². The second kappa shape index (κ2) is 10.3. The molecule has 0 rings (SSSR count). The molecule has 0 aliphatic carbocycles. The molecule has 0 saturated carbocycles. The Hall–Kier alpha value is -1.49. The summed E-state index contributed by atoms with van der Waals surface area (Å²) in [5.41, 5.74) is 0.914. The molecule has 0 fully saturated rings. The Kier molecular flexibility index (Phi) is 9.55. The van der Waals surface area contributed by atoms with Gasteiger partial charge in [-0.3, -0.25) is 0 Å². The van der Waals surface area contributed by atoms with Crippen LogP contribution in [0.3, 0.4) is 0 Å². The fraction of sp³-hybridized carbons (Fsp3) is 0.611. The quantitative estimate of drug-likeness (QED) is 0.392. The van der Waals surface area contributed by atoms with Gasteiger partial charge < -0.3 is 5.11 Å². The summed E-state index contributed by atoms with van der Waals surface area (Å²) in [6, 6.07) is 0. The average Bonchev–Trinajstić information content (AvgIpc) is 2.34. The van der Waals surface area contributed by atoms with Crippen LogP contribution in [-0.2, 0) is 4.79 Å². The van der Waals surface area contributed by atoms with Crippen LogP contribution in [0.25, 0.3) is 0 Å². The van der Waals surface area contributed by atoms with E-state index in [0.717, 1.165) is 17.9 Å². The fourth-order valence-corrected chi connectivity index (χ4v) is 2.00. The van der Waals surface area contributed by atoms with E-state index in [4.69, 9.17) is 5.11 Å². The van der Waals surface area contributed by atoms with Crippen LogP contribution in [0.1, 0.15) is 60.3 Å². The van der Waals surface area contributed by atoms with Crippen LogP contribution >= 0.6 is 0 Å². The number of carboxylic acid groups (broad SMARTS) is 1. The van der Waals surface area contributed by atoms with Gasteiger partial charge >= 0.3 is 5.97 Å². The minimum Gasteiger partial charge on any atom is -0.477 e. The molecule has 0 amide bonds. The molecule has 112 valence electrons. The van der Waals surface area contributed by atoms with Crippen molar-refractivity contribution >= 4 is 5.97 Å². The van der Waals surface area contributed by atoms with Gasteiger partial charge in [-0.05, 0) is 37.7 Å². The molecule has 1 unspecified atom stereocenters. The maximum atomic E-state index is 11.0. The number of carbonyl (C=O) groups is 1. The van der Waals surface area contributed by atoms with Crippen LogP contribution in [-0.4, -0.2) is 11.1 Å². The fourth-order valence-electron chi connectivity index (χ4n) is 2.00. The highest BCUT2D eigenvalue weighted by Crippen LogP contribution is 2.16. The average molecular weight is 276 g/mol. The van der Waals surface area contributed by atoms with Crippen molar-refractivity contribution in [2.24, 2.45) is 11.8 Å². The first kappa shape index (κ1) is 18.5. The minimum absolute atomic E-state index is 0.191. The Bertz CT molecular complexity index is 416. The Morgan fingerprint density at radius 3 is 2.40 bits per heavy atom. The van der Waals surface area contributed by atoms with Crippen molar-refractivity contribution in [2.75, 3.05) is 0 Å². The van der Waals surface area contributed by atoms with E-state index in [1.54, 1.807) is 13.8 Å². The van der Waals surface area contributed by atoms with E-state index in [-0.39, 0.29) is 5.57 Å². The monoisotopic (exact) mass is 276 g/mol. The molecule has 2 nitrogen and oxygen atoms in total. The van der Waals surface area contributed by atoms with E-state index in [1.807, 2.05) is 6.08 Å². The first-order valence-corrected chi connectivity index (χ1v) is 7.41. The van der Waals surface area contributed by atoms with Crippen molar-refractivity contribution in [1.29, 1.82) is 0 Å². The second-order valence-electron chi connectivity index (χ2n) is 5.81. The molecule has 1 N–H and O–H groups in total. The van der Waals surface area contributed by atoms with Gasteiger partial charge in [0.25, 0.3) is 0 Å². The summed E-state index contributed by atoms with van der Waals surface area (Å²) in [6.45, 7) is 10.2. The molecule has 0 aromatic carbocycles. The maximum Gasteiger partial charge on any atom is 0.344 e. The summed E-state index contributed by atoms with van der Waals surface area (Å²) in [6.07, 6.45) is 8.71. The van der Waals surface area contributed by atoms with Crippen LogP contribution in [0.5, 0.6) is 0 Å². The van der Waals surface area contributed by atoms with E-state index in [2.05, 4.69) is 38.7 Å². The molecular weight excluding hydrogens is 248 g/mol. The Morgan fingerprint density at radius 1 is 1.25 bits per heavy atom. The molecular formula is C18H28O2. The first-order chi connectivity index (χ1) is 9.38. The van der Waals surface area contributed by atoms with Gasteiger partial charge in [-0.1, -0.05) is 58.1 Å². The van der Waals surface area contributed by atoms with E-state index >= 15 is 0 Å². The highest BCUT2D eigenvalue weighted by atomic mass is 16.4. The molecule has 0 aromatic rings. The van der Waals surface area contributed by atoms with Crippen molar-refractivity contribution in [2.45, 2.75) is 60.3 Å². The van der Waals surface area contributed by atoms with Crippen LogP contribution in [0.4, 0.5) is 0 Å². The Morgan fingerprint density at radius 2 is 1.90 bits per heavy atom. The van der Waals surface area contributed by atoms with E-state index in [1.165, 1.54) is 19.3 Å². The van der Waals surface area contributed by atoms with Gasteiger partial charge in [0, 0.05) is 0 Å². The normalized spacial score (nSPS) is 13.9. The van der Waals surface area contributed by atoms with Crippen molar-refractivity contribution in [3.63, 3.8) is 0 Å². The maximum absolute atomic E-state index is 11.0. The Balaban J connectivity index is 4.37. The van der Waals surface area contributed by atoms with E-state index < -0.39 is 5.97 Å². The van der Waals surface area contributed by atoms with E-state index in [0.29, 0.717) is 5.92 Å². The number of rotatable bonds is 8. The first-order valence-electron chi connectivity index (χ1n) is 7.41. The summed E-state index contributed by atoms with van der Waals surface area (Å²) in [5, 5.41) is 9.06. The molecule has 0 spiro atoms. The topological polar surface area (TPSA) is 37.3 Å². The highest BCUT2D eigenvalue weighted by molar-refractivity contribution is 5.93. The number of aliphatic carboxylic acids is 1. The molecule has 0 heterocycles. The lowest BCUT2D eigenvalue weighted by Crippen LogP contribution is -2.00. The largest absolute Gasteiger partial charge is 0.477 e. The zero-order valence-electron chi connectivity index (χ0n) is 13.5. The van der Waals surface area contributed by atoms with Crippen molar-refractivity contribution in [1.82, 2.24) is 0 Å². The molecule has 0 bridgehead atoms. The van der Waals surface area contributed by atoms with Gasteiger partial charge in [-0.25, -0.2) is 4.79 Å². The predicted octanol–water partition coefficient (Wildman–Crippen LogP) is 4.82. The second-order valence-corrected chi connectivity index (χ2v) is 5.81. The zero-order chi connectivity index (χ0) is 15.5. The standard InChI is InChI=1S/C18H28O2/c1-6-9-17(18(19)20)16(5)13-8-12-15(4)11-7-10-14(2)3/h8,13-15H,7,10-12H2,1-5H3,(H,19,20). The van der Waals surface area contributed by atoms with Crippen LogP contribution < -0.4 is 0 Å². The Labute approximate surface area is 124 Å². The van der Waals surface area contributed by atoms with E-state index in [9.17, 15) is 4.79 Å². The summed E-state index contributed by atoms with van der Waals surface area (Å²) in [7, 11) is 0. The molecule has 0 radical (unpaired) electrons. The minimum atomic E-state index is -0.952. The van der Waals surface area contributed by atoms with Gasteiger partial charge in [0.1, 0.15) is 5.57 Å². The molecule has 20 heavy (non-hydrogen) atoms. The lowest BCUT2D eigenvalue weighted by molar-refractivity contribution is -0.132. The third kappa shape index (κ3) is 8.58. The molecule has 0 aromatic heterocycles. The van der Waals surface area contributed by atoms with Crippen LogP contribution in [0.2, 0.25) is 0 Å². The SMILES string of the molecule is CC#CC(C(=O)O)=C(C)C=CCC(C)CCCC(C)C. The van der Waals surface area contributed by atoms with Gasteiger partial charge in [0.2, 0.25) is 0 Å². The summed E-state index contributed by atoms with van der Waals surface area (Å²) in [4.78, 5) is 11.0. The predicted molar refractivity (Wildman–Crippen MR) is 85.4 cm³/mol. The van der Waals surface area contributed by atoms with Gasteiger partial charge in [0.05, 0.1) is 0 Å². The van der Waals surface area contributed by atoms with Crippen LogP contribution in [0.15, 0.2) is 23.3 Å². The third-order valence-electron chi connectivity index (χ3n) is 3.24. The highest BCUT2D eigenvalue weighted by Gasteiger charge is 2.06. The molecule has 2 heteroatoms. The smallest absolute Gasteiger partial charge is 0.344 e. The third-order valence-corrected chi connectivity index (χ3v) is 3.24. The summed E-state index contributed by atoms with van der Waals surface area (Å²) < 4.78 is 0. The molecule has 0 aliphatic heterocycles. The summed E-state index contributed by atoms with van der Waals surface area (Å²) in [5.74, 6) is 5.75. The van der Waals surface area contributed by atoms with Gasteiger partial charge in [0.15, 0.2) is 0 Å². The summed E-state index contributed by atoms with van der Waals surface area (Å²) >= 11 is 0. The lowest BCUT2D eigenvalue weighted by atomic mass is 9.97. The molecule has 0 aliphatic rings. The lowest BCUT2D eigenvalue weighted by Gasteiger charge is -2.09. The number of carboxylic acids is 1. The number of hydrogen-bond acceptors (Lipinski definition) is 1. The number of hydrogen-bond donors (Lipinski definition) is 1. The zero-order valence-corrected chi connectivity index (χ0v) is 13.5. The van der Waals surface area contributed by atoms with Crippen molar-refractivity contribution < 1.29 is 9.90 Å². The van der Waals surface area contributed by atoms with Gasteiger partial charge in [-0.15, -0.1) is 5.92 Å². The van der Waals surface area contributed by atoms with Crippen molar-refractivity contribution in [3.05, 3.63) is 23.3 Å². The van der Waals surface area contributed by atoms with Crippen LogP contribution in [0, 0.1) is 23.7 Å².